The van der Waals surface area contributed by atoms with Gasteiger partial charge in [-0.25, -0.2) is 0 Å². The first-order valence-electron chi connectivity index (χ1n) is 43.9. The van der Waals surface area contributed by atoms with E-state index in [1.54, 1.807) is 217 Å². The molecule has 0 heteroatoms. The molecule has 16 bridgehead atoms. The Balaban J connectivity index is 0.000000220. The van der Waals surface area contributed by atoms with Gasteiger partial charge >= 0.3 is 0 Å². The summed E-state index contributed by atoms with van der Waals surface area (Å²) in [6.45, 7) is 37.3. The van der Waals surface area contributed by atoms with E-state index >= 15 is 0 Å². The quantitative estimate of drug-likeness (QED) is 0.212. The van der Waals surface area contributed by atoms with Crippen molar-refractivity contribution in [3.63, 3.8) is 0 Å². The van der Waals surface area contributed by atoms with E-state index in [2.05, 4.69) is 45.9 Å². The summed E-state index contributed by atoms with van der Waals surface area (Å²) in [4.78, 5) is 0. The summed E-state index contributed by atoms with van der Waals surface area (Å²) in [6.07, 6.45) is 70.7. The minimum atomic E-state index is 0. The van der Waals surface area contributed by atoms with Gasteiger partial charge < -0.3 is 0 Å². The summed E-state index contributed by atoms with van der Waals surface area (Å²) in [5, 5.41) is 0. The molecule has 7 unspecified atom stereocenters. The number of fused-ring (bicyclic) bond motifs is 15. The lowest BCUT2D eigenvalue weighted by atomic mass is 9.01. The number of hydrogen-bond donors (Lipinski definition) is 0. The Morgan fingerprint density at radius 2 is 0.543 bits per heavy atom. The van der Waals surface area contributed by atoms with Gasteiger partial charge in [0.05, 0.1) is 0 Å². The molecule has 7 atom stereocenters. The number of rotatable bonds is 0. The van der Waals surface area contributed by atoms with Crippen LogP contribution < -0.4 is 0 Å². The van der Waals surface area contributed by atoms with Crippen molar-refractivity contribution in [2.75, 3.05) is 0 Å². The minimum Gasteiger partial charge on any atom is -0.0879 e. The average Bonchev–Trinajstić information content (AvgIpc) is 0.622. The molecule has 26 rings (SSSR count). The lowest BCUT2D eigenvalue weighted by Crippen LogP contribution is -3.00. The van der Waals surface area contributed by atoms with Gasteiger partial charge in [-0.1, -0.05) is 311 Å². The van der Waals surface area contributed by atoms with Crippen molar-refractivity contribution in [3.8, 4) is 0 Å². The third-order valence-corrected chi connectivity index (χ3v) is 30.0. The molecule has 0 aromatic carbocycles. The molecule has 0 aromatic rings. The summed E-state index contributed by atoms with van der Waals surface area (Å²) >= 11 is 0. The fourth-order valence-corrected chi connectivity index (χ4v) is 25.8. The van der Waals surface area contributed by atoms with Crippen molar-refractivity contribution < 1.29 is 0 Å². The van der Waals surface area contributed by atoms with Crippen molar-refractivity contribution in [3.05, 3.63) is 23.8 Å². The first-order chi connectivity index (χ1) is 44.6. The summed E-state index contributed by atoms with van der Waals surface area (Å²) < 4.78 is 0. The molecule has 24 fully saturated rings. The summed E-state index contributed by atoms with van der Waals surface area (Å²) in [5.41, 5.74) is 2.10. The van der Waals surface area contributed by atoms with Crippen LogP contribution in [0, 0.1) is 165 Å². The molecule has 0 nitrogen and oxygen atoms in total. The van der Waals surface area contributed by atoms with Gasteiger partial charge in [0.2, 0.25) is 0 Å². The van der Waals surface area contributed by atoms with E-state index in [-0.39, 0.29) is 22.3 Å². The SMILES string of the molecule is C.C.C.C12C3C4C1C1C2C3C41.C1=CC2C3CCC(C3)C2C1.C1C2CC3CC1CC(C2)C3.C1CC2CC1C2.C1CC2CCC(C1)C2.C1CC2CCC1C2.C1CC2CCC1CC2.C1CC2CCCC(C1)C2.CC.CC.CC.CC.CC.CC.CC.CC1=CCC(C(C)(C)C)CC1. The summed E-state index contributed by atoms with van der Waals surface area (Å²) in [7, 11) is 0. The normalized spacial score (nSPS) is 43.5. The molecule has 0 N–H and O–H groups in total. The van der Waals surface area contributed by atoms with Crippen molar-refractivity contribution in [2.24, 2.45) is 165 Å². The van der Waals surface area contributed by atoms with Crippen molar-refractivity contribution in [2.45, 2.75) is 410 Å². The molecule has 0 amide bonds. The highest BCUT2D eigenvalue weighted by Gasteiger charge is 2.97. The maximum atomic E-state index is 2.49. The fourth-order valence-electron chi connectivity index (χ4n) is 25.8. The standard InChI is InChI=1S/C11H20.C10H16.C10H14.C9H16.C8H8.2C8H14.C7H12.C6H10.7C2H6.3CH4/c1-9-5-7-10(8-6-9)11(2,3)4;1-7-2-9-4-8(1)5-10(3-7)6-9;1-2-9-7-4-5-8(6-7)10(9)3-1;1-3-8-5-2-6-9(4-1)7-8;1-2-5-3(1)7-4(1)6(2)8(5)7;1-2-8-5-3-7(1)4-6-8;1-2-7-4-5-8(3-1)6-7;1-2-7-4-3-6(1)5-7;1-2-6-3-5(1)4-6;7*1-2;;;/h5,10H,6-8H2,1-4H3;7-10H,1-6H2;1-2,7-10H,3-6H2;8-9H,1-7H2;1-8H;2*7-8H,1-6H2;6-7H,1-5H2;5-6H,1-4H2;7*1-2H3;3*1H4. The molecular weight excluding hydrogens is 1130 g/mol. The van der Waals surface area contributed by atoms with E-state index in [9.17, 15) is 0 Å². The highest BCUT2D eigenvalue weighted by Crippen LogP contribution is 3.01. The Morgan fingerprint density at radius 1 is 0.277 bits per heavy atom. The zero-order chi connectivity index (χ0) is 65.8. The highest BCUT2D eigenvalue weighted by molar-refractivity contribution is 5.44. The van der Waals surface area contributed by atoms with Crippen LogP contribution in [0.15, 0.2) is 23.8 Å². The van der Waals surface area contributed by atoms with Crippen LogP contribution >= 0.6 is 0 Å². The summed E-state index contributed by atoms with van der Waals surface area (Å²) in [5.74, 6) is 32.3. The van der Waals surface area contributed by atoms with Gasteiger partial charge in [-0.2, -0.15) is 0 Å². The maximum absolute atomic E-state index is 2.49. The van der Waals surface area contributed by atoms with Gasteiger partial charge in [-0.3, -0.25) is 0 Å². The topological polar surface area (TPSA) is 0 Å². The van der Waals surface area contributed by atoms with Gasteiger partial charge in [-0.15, -0.1) is 0 Å². The first-order valence-corrected chi connectivity index (χ1v) is 43.9. The molecule has 0 aliphatic heterocycles. The van der Waals surface area contributed by atoms with Crippen LogP contribution in [-0.2, 0) is 0 Å². The van der Waals surface area contributed by atoms with E-state index in [1.165, 1.54) is 146 Å². The van der Waals surface area contributed by atoms with Gasteiger partial charge in [0.1, 0.15) is 0 Å². The fraction of sp³-hybridized carbons (Fsp3) is 0.957. The Morgan fingerprint density at radius 3 is 0.787 bits per heavy atom. The second-order valence-electron chi connectivity index (χ2n) is 35.3. The number of hydrogen-bond acceptors (Lipinski definition) is 0. The van der Waals surface area contributed by atoms with Crippen molar-refractivity contribution in [1.29, 1.82) is 0 Å². The lowest BCUT2D eigenvalue weighted by molar-refractivity contribution is -0.565. The van der Waals surface area contributed by atoms with Gasteiger partial charge in [0, 0.05) is 0 Å². The Bertz CT molecular complexity index is 1710. The van der Waals surface area contributed by atoms with E-state index in [1.807, 2.05) is 96.9 Å². The van der Waals surface area contributed by atoms with Crippen LogP contribution in [0.25, 0.3) is 0 Å². The molecule has 94 heavy (non-hydrogen) atoms. The van der Waals surface area contributed by atoms with Gasteiger partial charge in [-0.05, 0) is 288 Å². The molecule has 24 saturated carbocycles. The molecule has 0 saturated heterocycles. The van der Waals surface area contributed by atoms with E-state index in [0.29, 0.717) is 5.41 Å². The second-order valence-corrected chi connectivity index (χ2v) is 35.3. The third kappa shape index (κ3) is 21.3. The molecular formula is C94H178. The molecule has 26 aliphatic carbocycles. The highest BCUT2D eigenvalue weighted by atomic mass is 15.0. The molecule has 0 aromatic heterocycles. The van der Waals surface area contributed by atoms with E-state index in [4.69, 9.17) is 0 Å². The zero-order valence-electron chi connectivity index (χ0n) is 65.3. The van der Waals surface area contributed by atoms with Crippen LogP contribution in [0.4, 0.5) is 0 Å². The van der Waals surface area contributed by atoms with E-state index in [0.717, 1.165) is 65.1 Å². The van der Waals surface area contributed by atoms with Crippen LogP contribution in [0.2, 0.25) is 0 Å². The average molecular weight is 1310 g/mol. The largest absolute Gasteiger partial charge is 0.0879 e. The monoisotopic (exact) mass is 1310 g/mol. The maximum Gasteiger partial charge on any atom is -0.0171 e. The predicted molar refractivity (Wildman–Crippen MR) is 426 cm³/mol. The third-order valence-electron chi connectivity index (χ3n) is 30.0. The summed E-state index contributed by atoms with van der Waals surface area (Å²) in [6, 6.07) is 0. The molecule has 0 spiro atoms. The molecule has 26 aliphatic rings. The predicted octanol–water partition coefficient (Wildman–Crippen LogP) is 31.4. The van der Waals surface area contributed by atoms with Crippen LogP contribution in [0.1, 0.15) is 410 Å². The van der Waals surface area contributed by atoms with Crippen molar-refractivity contribution in [1.82, 2.24) is 0 Å². The zero-order valence-corrected chi connectivity index (χ0v) is 65.3. The Hall–Kier alpha value is -0.520. The minimum absolute atomic E-state index is 0. The number of allylic oxidation sites excluding steroid dienone is 4. The first kappa shape index (κ1) is 85.9. The Kier molecular flexibility index (Phi) is 39.7. The molecule has 0 heterocycles. The second kappa shape index (κ2) is 43.4. The van der Waals surface area contributed by atoms with Crippen LogP contribution in [0.5, 0.6) is 0 Å². The van der Waals surface area contributed by atoms with Crippen molar-refractivity contribution >= 4 is 0 Å². The molecule has 0 radical (unpaired) electrons. The van der Waals surface area contributed by atoms with Crippen LogP contribution in [0.3, 0.4) is 0 Å². The van der Waals surface area contributed by atoms with Crippen LogP contribution in [-0.4, -0.2) is 0 Å². The lowest BCUT2D eigenvalue weighted by Gasteiger charge is -3.03. The smallest absolute Gasteiger partial charge is 0.0171 e. The van der Waals surface area contributed by atoms with E-state index < -0.39 is 0 Å². The van der Waals surface area contributed by atoms with Gasteiger partial charge in [0.25, 0.3) is 0 Å². The Labute approximate surface area is 595 Å². The molecule has 554 valence electrons. The van der Waals surface area contributed by atoms with Gasteiger partial charge in [0.15, 0.2) is 0 Å².